The van der Waals surface area contributed by atoms with Crippen LogP contribution in [-0.4, -0.2) is 32.9 Å². The maximum atomic E-state index is 12.5. The third-order valence-electron chi connectivity index (χ3n) is 5.10. The van der Waals surface area contributed by atoms with E-state index in [-0.39, 0.29) is 12.5 Å². The zero-order chi connectivity index (χ0) is 24.0. The van der Waals surface area contributed by atoms with E-state index < -0.39 is 10.0 Å². The van der Waals surface area contributed by atoms with Crippen LogP contribution in [0.3, 0.4) is 0 Å². The zero-order valence-electron chi connectivity index (χ0n) is 18.8. The minimum atomic E-state index is -3.48. The van der Waals surface area contributed by atoms with Gasteiger partial charge in [-0.2, -0.15) is 0 Å². The molecule has 5 nitrogen and oxygen atoms in total. The molecule has 0 fully saturated rings. The Bertz CT molecular complexity index is 1190. The molecule has 0 aromatic heterocycles. The van der Waals surface area contributed by atoms with Crippen LogP contribution in [0.15, 0.2) is 71.6 Å². The second kappa shape index (κ2) is 11.1. The molecule has 0 radical (unpaired) electrons. The summed E-state index contributed by atoms with van der Waals surface area (Å²) in [5.41, 5.74) is 3.83. The number of halogens is 1. The summed E-state index contributed by atoms with van der Waals surface area (Å²) in [6, 6.07) is 20.3. The summed E-state index contributed by atoms with van der Waals surface area (Å²) in [7, 11) is -3.48. The third-order valence-corrected chi connectivity index (χ3v) is 7.48. The standard InChI is InChI=1S/C25H27ClN2O3S2/c1-18-5-4-6-19(2)24(18)28(33(3,30)31)17-20-7-9-21(10-8-20)25(29)27-15-16-32-23-13-11-22(26)12-14-23/h4-14H,15-17H2,1-3H3,(H,27,29). The van der Waals surface area contributed by atoms with Crippen LogP contribution in [0.25, 0.3) is 0 Å². The first-order valence-corrected chi connectivity index (χ1v) is 13.7. The number of benzene rings is 3. The van der Waals surface area contributed by atoms with E-state index in [0.717, 1.165) is 27.3 Å². The Hall–Kier alpha value is -2.48. The first-order valence-electron chi connectivity index (χ1n) is 10.4. The topological polar surface area (TPSA) is 66.5 Å². The summed E-state index contributed by atoms with van der Waals surface area (Å²) in [5, 5.41) is 3.61. The zero-order valence-corrected chi connectivity index (χ0v) is 21.2. The molecule has 3 aromatic carbocycles. The molecule has 0 unspecified atom stereocenters. The highest BCUT2D eigenvalue weighted by molar-refractivity contribution is 7.99. The number of anilines is 1. The SMILES string of the molecule is Cc1cccc(C)c1N(Cc1ccc(C(=O)NCCSc2ccc(Cl)cc2)cc1)S(C)(=O)=O. The molecular formula is C25H27ClN2O3S2. The molecule has 1 amide bonds. The van der Waals surface area contributed by atoms with Crippen LogP contribution in [0.2, 0.25) is 5.02 Å². The van der Waals surface area contributed by atoms with Crippen molar-refractivity contribution in [3.05, 3.63) is 94.0 Å². The van der Waals surface area contributed by atoms with Crippen LogP contribution in [-0.2, 0) is 16.6 Å². The molecule has 174 valence electrons. The number of aryl methyl sites for hydroxylation is 2. The maximum absolute atomic E-state index is 12.5. The molecule has 0 aliphatic rings. The Morgan fingerprint density at radius 3 is 2.15 bits per heavy atom. The molecule has 3 aromatic rings. The van der Waals surface area contributed by atoms with Gasteiger partial charge in [-0.25, -0.2) is 8.42 Å². The van der Waals surface area contributed by atoms with Crippen molar-refractivity contribution in [2.24, 2.45) is 0 Å². The highest BCUT2D eigenvalue weighted by atomic mass is 35.5. The fourth-order valence-electron chi connectivity index (χ4n) is 3.45. The Morgan fingerprint density at radius 2 is 1.58 bits per heavy atom. The van der Waals surface area contributed by atoms with Crippen molar-refractivity contribution in [2.45, 2.75) is 25.3 Å². The molecule has 0 heterocycles. The molecule has 1 N–H and O–H groups in total. The van der Waals surface area contributed by atoms with Crippen LogP contribution in [0, 0.1) is 13.8 Å². The van der Waals surface area contributed by atoms with Gasteiger partial charge in [0, 0.05) is 27.8 Å². The van der Waals surface area contributed by atoms with Crippen molar-refractivity contribution >= 4 is 45.0 Å². The lowest BCUT2D eigenvalue weighted by Gasteiger charge is -2.26. The number of sulfonamides is 1. The lowest BCUT2D eigenvalue weighted by Crippen LogP contribution is -2.30. The van der Waals surface area contributed by atoms with E-state index in [1.807, 2.05) is 56.3 Å². The van der Waals surface area contributed by atoms with E-state index in [1.54, 1.807) is 36.0 Å². The average Bonchev–Trinajstić information content (AvgIpc) is 2.77. The van der Waals surface area contributed by atoms with Crippen molar-refractivity contribution < 1.29 is 13.2 Å². The third kappa shape index (κ3) is 7.00. The normalized spacial score (nSPS) is 11.3. The lowest BCUT2D eigenvalue weighted by molar-refractivity contribution is 0.0956. The van der Waals surface area contributed by atoms with Gasteiger partial charge in [0.2, 0.25) is 10.0 Å². The van der Waals surface area contributed by atoms with Crippen molar-refractivity contribution in [1.29, 1.82) is 0 Å². The largest absolute Gasteiger partial charge is 0.351 e. The Balaban J connectivity index is 1.61. The monoisotopic (exact) mass is 502 g/mol. The van der Waals surface area contributed by atoms with Gasteiger partial charge in [0.1, 0.15) is 0 Å². The highest BCUT2D eigenvalue weighted by Crippen LogP contribution is 2.28. The number of nitrogens with one attached hydrogen (secondary N) is 1. The molecule has 0 bridgehead atoms. The Morgan fingerprint density at radius 1 is 0.970 bits per heavy atom. The van der Waals surface area contributed by atoms with E-state index in [4.69, 9.17) is 11.6 Å². The van der Waals surface area contributed by atoms with Crippen molar-refractivity contribution in [3.8, 4) is 0 Å². The number of hydrogen-bond donors (Lipinski definition) is 1. The number of nitrogens with zero attached hydrogens (tertiary/aromatic N) is 1. The first-order chi connectivity index (χ1) is 15.6. The number of hydrogen-bond acceptors (Lipinski definition) is 4. The van der Waals surface area contributed by atoms with Gasteiger partial charge in [0.15, 0.2) is 0 Å². The van der Waals surface area contributed by atoms with Gasteiger partial charge in [-0.3, -0.25) is 9.10 Å². The number of rotatable bonds is 9. The predicted molar refractivity (Wildman–Crippen MR) is 138 cm³/mol. The summed E-state index contributed by atoms with van der Waals surface area (Å²) in [5.74, 6) is 0.581. The van der Waals surface area contributed by atoms with Crippen LogP contribution in [0.5, 0.6) is 0 Å². The van der Waals surface area contributed by atoms with Crippen molar-refractivity contribution in [3.63, 3.8) is 0 Å². The predicted octanol–water partition coefficient (Wildman–Crippen LogP) is 5.45. The summed E-state index contributed by atoms with van der Waals surface area (Å²) in [4.78, 5) is 13.6. The number of carbonyl (C=O) groups excluding carboxylic acids is 1. The van der Waals surface area contributed by atoms with Gasteiger partial charge in [-0.15, -0.1) is 11.8 Å². The van der Waals surface area contributed by atoms with Crippen LogP contribution in [0.4, 0.5) is 5.69 Å². The van der Waals surface area contributed by atoms with Gasteiger partial charge in [0.05, 0.1) is 18.5 Å². The fourth-order valence-corrected chi connectivity index (χ4v) is 5.35. The van der Waals surface area contributed by atoms with Gasteiger partial charge < -0.3 is 5.32 Å². The number of para-hydroxylation sites is 1. The molecule has 0 saturated carbocycles. The summed E-state index contributed by atoms with van der Waals surface area (Å²) >= 11 is 7.53. The molecule has 8 heteroatoms. The number of amides is 1. The highest BCUT2D eigenvalue weighted by Gasteiger charge is 2.21. The molecule has 0 saturated heterocycles. The number of carbonyl (C=O) groups is 1. The molecule has 0 atom stereocenters. The molecule has 0 aliphatic carbocycles. The molecule has 0 spiro atoms. The fraction of sp³-hybridized carbons (Fsp3) is 0.240. The van der Waals surface area contributed by atoms with E-state index >= 15 is 0 Å². The Labute approximate surface area is 205 Å². The Kier molecular flexibility index (Phi) is 8.46. The smallest absolute Gasteiger partial charge is 0.251 e. The summed E-state index contributed by atoms with van der Waals surface area (Å²) in [6.07, 6.45) is 1.21. The van der Waals surface area contributed by atoms with Gasteiger partial charge in [0.25, 0.3) is 5.91 Å². The minimum absolute atomic E-state index is 0.159. The van der Waals surface area contributed by atoms with E-state index in [0.29, 0.717) is 22.8 Å². The quantitative estimate of drug-likeness (QED) is 0.312. The van der Waals surface area contributed by atoms with E-state index in [2.05, 4.69) is 5.32 Å². The second-order valence-corrected chi connectivity index (χ2v) is 11.3. The molecule has 0 aliphatic heterocycles. The average molecular weight is 503 g/mol. The first kappa shape index (κ1) is 25.1. The lowest BCUT2D eigenvalue weighted by atomic mass is 10.1. The second-order valence-electron chi connectivity index (χ2n) is 7.77. The van der Waals surface area contributed by atoms with Gasteiger partial charge in [-0.1, -0.05) is 41.9 Å². The molecule has 3 rings (SSSR count). The maximum Gasteiger partial charge on any atom is 0.251 e. The van der Waals surface area contributed by atoms with Gasteiger partial charge >= 0.3 is 0 Å². The van der Waals surface area contributed by atoms with Crippen molar-refractivity contribution in [1.82, 2.24) is 5.32 Å². The van der Waals surface area contributed by atoms with E-state index in [9.17, 15) is 13.2 Å². The van der Waals surface area contributed by atoms with Crippen LogP contribution < -0.4 is 9.62 Å². The van der Waals surface area contributed by atoms with Gasteiger partial charge in [-0.05, 0) is 66.9 Å². The minimum Gasteiger partial charge on any atom is -0.351 e. The summed E-state index contributed by atoms with van der Waals surface area (Å²) < 4.78 is 26.5. The molecule has 33 heavy (non-hydrogen) atoms. The molecular weight excluding hydrogens is 476 g/mol. The number of thioether (sulfide) groups is 1. The summed E-state index contributed by atoms with van der Waals surface area (Å²) in [6.45, 7) is 4.53. The van der Waals surface area contributed by atoms with Crippen LogP contribution >= 0.6 is 23.4 Å². The van der Waals surface area contributed by atoms with Crippen LogP contribution in [0.1, 0.15) is 27.0 Å². The van der Waals surface area contributed by atoms with Crippen molar-refractivity contribution in [2.75, 3.05) is 22.9 Å². The van der Waals surface area contributed by atoms with E-state index in [1.165, 1.54) is 10.6 Å².